The van der Waals surface area contributed by atoms with Crippen molar-refractivity contribution >= 4 is 20.5 Å². The summed E-state index contributed by atoms with van der Waals surface area (Å²) in [5.74, 6) is 0. The summed E-state index contributed by atoms with van der Waals surface area (Å²) in [6.45, 7) is 0. The monoisotopic (exact) mass is 90.0 g/mol. The van der Waals surface area contributed by atoms with Gasteiger partial charge in [-0.2, -0.15) is 0 Å². The highest BCUT2D eigenvalue weighted by atomic mass is 28.2. The minimum Gasteiger partial charge on any atom is -0.0657 e. The van der Waals surface area contributed by atoms with Crippen LogP contribution >= 0.6 is 0 Å². The van der Waals surface area contributed by atoms with Crippen LogP contribution in [0.1, 0.15) is 0 Å². The van der Waals surface area contributed by atoms with E-state index in [1.807, 2.05) is 0 Å². The van der Waals surface area contributed by atoms with E-state index in [0.29, 0.717) is 9.52 Å². The van der Waals surface area contributed by atoms with Crippen molar-refractivity contribution in [2.75, 3.05) is 0 Å². The van der Waals surface area contributed by atoms with Gasteiger partial charge in [-0.25, -0.2) is 0 Å². The van der Waals surface area contributed by atoms with Gasteiger partial charge in [-0.05, 0) is 11.0 Å². The van der Waals surface area contributed by atoms with Crippen LogP contribution in [0.3, 0.4) is 0 Å². The minimum absolute atomic E-state index is 0. The second kappa shape index (κ2) is 1.72. The highest BCUT2D eigenvalue weighted by Gasteiger charge is 1.96. The summed E-state index contributed by atoms with van der Waals surface area (Å²) in [5.41, 5.74) is 0. The Bertz CT molecular complexity index is 8.75. The van der Waals surface area contributed by atoms with Crippen LogP contribution in [0.25, 0.3) is 0 Å². The fraction of sp³-hybridized carbons (Fsp3) is 1.00. The molecule has 0 saturated carbocycles. The van der Waals surface area contributed by atoms with Crippen molar-refractivity contribution in [3.05, 3.63) is 0 Å². The Morgan fingerprint density at radius 1 is 1.25 bits per heavy atom. The highest BCUT2D eigenvalue weighted by molar-refractivity contribution is 6.47. The van der Waals surface area contributed by atoms with Gasteiger partial charge in [-0.3, -0.25) is 0 Å². The molecule has 0 aliphatic carbocycles. The fourth-order valence-electron chi connectivity index (χ4n) is 0. The molecule has 0 spiro atoms. The van der Waals surface area contributed by atoms with Crippen molar-refractivity contribution in [3.63, 3.8) is 0 Å². The third-order valence-electron chi connectivity index (χ3n) is 0.354. The third-order valence-corrected chi connectivity index (χ3v) is 1.06. The summed E-state index contributed by atoms with van der Waals surface area (Å²) in [7, 11) is 0.667. The van der Waals surface area contributed by atoms with Crippen molar-refractivity contribution in [1.29, 1.82) is 0 Å². The summed E-state index contributed by atoms with van der Waals surface area (Å²) in [6.07, 6.45) is 0. The summed E-state index contributed by atoms with van der Waals surface area (Å²) in [5, 5.41) is 0. The maximum atomic E-state index is 1.64. The quantitative estimate of drug-likeness (QED) is 0.319. The Morgan fingerprint density at radius 2 is 1.50 bits per heavy atom. The maximum Gasteiger partial charge on any atom is 0.0191 e. The van der Waals surface area contributed by atoms with E-state index in [1.54, 1.807) is 12.1 Å². The lowest BCUT2D eigenvalue weighted by atomic mass is 11.0. The molecule has 0 nitrogen and oxygen atoms in total. The van der Waals surface area contributed by atoms with Gasteiger partial charge in [0.1, 0.15) is 0 Å². The normalized spacial score (nSPS) is 18.0. The molecule has 0 bridgehead atoms. The summed E-state index contributed by atoms with van der Waals surface area (Å²) in [4.78, 5) is 0. The van der Waals surface area contributed by atoms with Gasteiger partial charge in [0.2, 0.25) is 0 Å². The molecule has 26 valence electrons. The van der Waals surface area contributed by atoms with Gasteiger partial charge >= 0.3 is 0 Å². The molecule has 0 radical (unpaired) electrons. The Morgan fingerprint density at radius 3 is 1.50 bits per heavy atom. The summed E-state index contributed by atoms with van der Waals surface area (Å²) < 4.78 is 0. The molecule has 0 aromatic heterocycles. The zero-order chi connectivity index (χ0) is 2.12. The van der Waals surface area contributed by atoms with Crippen LogP contribution in [0.2, 0.25) is 12.1 Å². The second-order valence-corrected chi connectivity index (χ2v) is 3.18. The largest absolute Gasteiger partial charge is 0.0657 e. The summed E-state index contributed by atoms with van der Waals surface area (Å²) in [6, 6.07) is 3.28. The van der Waals surface area contributed by atoms with Crippen molar-refractivity contribution in [2.45, 2.75) is 12.1 Å². The Labute approximate surface area is 33.4 Å². The zero-order valence-corrected chi connectivity index (χ0v) is 3.54. The van der Waals surface area contributed by atoms with Crippen molar-refractivity contribution in [3.8, 4) is 0 Å². The molecule has 1 heterocycles. The van der Waals surface area contributed by atoms with Gasteiger partial charge in [-0.15, -0.1) is 0 Å². The fourth-order valence-corrected chi connectivity index (χ4v) is 0. The van der Waals surface area contributed by atoms with E-state index >= 15 is 0 Å². The summed E-state index contributed by atoms with van der Waals surface area (Å²) >= 11 is 0. The Kier molecular flexibility index (Phi) is 1.91. The van der Waals surface area contributed by atoms with Gasteiger partial charge < -0.3 is 0 Å². The van der Waals surface area contributed by atoms with Crippen LogP contribution in [-0.2, 0) is 0 Å². The zero-order valence-electron chi connectivity index (χ0n) is 2.12. The number of hydrogen-bond acceptors (Lipinski definition) is 0. The topological polar surface area (TPSA) is 0 Å². The average Bonchev–Trinajstić information content (AvgIpc) is 1.46. The van der Waals surface area contributed by atoms with Crippen LogP contribution in [0.5, 0.6) is 0 Å². The molecule has 0 aromatic carbocycles. The van der Waals surface area contributed by atoms with E-state index < -0.39 is 0 Å². The lowest BCUT2D eigenvalue weighted by Crippen LogP contribution is -1.21. The molecule has 0 atom stereocenters. The molecule has 1 aliphatic heterocycles. The lowest BCUT2D eigenvalue weighted by molar-refractivity contribution is 1.69. The van der Waals surface area contributed by atoms with Gasteiger partial charge in [0.15, 0.2) is 0 Å². The van der Waals surface area contributed by atoms with E-state index in [9.17, 15) is 0 Å². The van der Waals surface area contributed by atoms with E-state index in [-0.39, 0.29) is 11.0 Å². The lowest BCUT2D eigenvalue weighted by Gasteiger charge is -1.07. The number of rotatable bonds is 0. The SMILES string of the molecule is C1C[SiH2]1.[SiH4]. The van der Waals surface area contributed by atoms with Gasteiger partial charge in [0.25, 0.3) is 0 Å². The predicted octanol–water partition coefficient (Wildman–Crippen LogP) is -1.45. The van der Waals surface area contributed by atoms with Crippen LogP contribution < -0.4 is 0 Å². The first-order chi connectivity index (χ1) is 1.50. The predicted molar refractivity (Wildman–Crippen MR) is 29.5 cm³/mol. The van der Waals surface area contributed by atoms with Crippen LogP contribution in [0.15, 0.2) is 0 Å². The van der Waals surface area contributed by atoms with Crippen LogP contribution in [0, 0.1) is 0 Å². The van der Waals surface area contributed by atoms with Crippen molar-refractivity contribution in [2.24, 2.45) is 0 Å². The smallest absolute Gasteiger partial charge is 0.0191 e. The Balaban J connectivity index is 0.0000000900. The average molecular weight is 90.3 g/mol. The van der Waals surface area contributed by atoms with E-state index in [2.05, 4.69) is 0 Å². The standard InChI is InChI=1S/C2H6Si.H4Si/c1-2-3-1;/h1-3H2;1H4. The molecular formula is C2H10Si2. The van der Waals surface area contributed by atoms with Crippen molar-refractivity contribution < 1.29 is 0 Å². The van der Waals surface area contributed by atoms with Crippen LogP contribution in [0.4, 0.5) is 0 Å². The van der Waals surface area contributed by atoms with Crippen LogP contribution in [-0.4, -0.2) is 20.5 Å². The molecule has 1 rings (SSSR count). The molecule has 0 unspecified atom stereocenters. The van der Waals surface area contributed by atoms with E-state index in [1.165, 1.54) is 0 Å². The molecule has 0 amide bonds. The van der Waals surface area contributed by atoms with Crippen molar-refractivity contribution in [1.82, 2.24) is 0 Å². The van der Waals surface area contributed by atoms with Gasteiger partial charge in [0, 0.05) is 9.52 Å². The molecular weight excluding hydrogens is 80.2 g/mol. The Hall–Kier alpha value is 0.434. The molecule has 4 heavy (non-hydrogen) atoms. The molecule has 1 aliphatic rings. The maximum absolute atomic E-state index is 1.64. The second-order valence-electron chi connectivity index (χ2n) is 1.06. The molecule has 1 fully saturated rings. The first-order valence-corrected chi connectivity index (χ1v) is 3.50. The molecule has 0 aromatic rings. The highest BCUT2D eigenvalue weighted by Crippen LogP contribution is 2.04. The van der Waals surface area contributed by atoms with E-state index in [4.69, 9.17) is 0 Å². The van der Waals surface area contributed by atoms with E-state index in [0.717, 1.165) is 0 Å². The first-order valence-electron chi connectivity index (χ1n) is 1.50. The molecule has 1 saturated heterocycles. The van der Waals surface area contributed by atoms with Gasteiger partial charge in [-0.1, -0.05) is 12.1 Å². The minimum atomic E-state index is 0. The first kappa shape index (κ1) is 4.43. The number of hydrogen-bond donors (Lipinski definition) is 0. The van der Waals surface area contributed by atoms with Gasteiger partial charge in [0.05, 0.1) is 0 Å². The molecule has 2 heteroatoms. The third kappa shape index (κ3) is 2.43. The molecule has 0 N–H and O–H groups in total.